The van der Waals surface area contributed by atoms with Gasteiger partial charge in [-0.3, -0.25) is 0 Å². The smallest absolute Gasteiger partial charge is 0.133 e. The lowest BCUT2D eigenvalue weighted by atomic mass is 10.0. The van der Waals surface area contributed by atoms with Gasteiger partial charge in [0, 0.05) is 24.7 Å². The Kier molecular flexibility index (Phi) is 6.98. The number of phenolic OH excluding ortho intramolecular Hbond substituents is 1. The third kappa shape index (κ3) is 5.59. The van der Waals surface area contributed by atoms with E-state index in [0.717, 1.165) is 19.5 Å². The molecule has 4 nitrogen and oxygen atoms in total. The molecule has 0 aliphatic heterocycles. The summed E-state index contributed by atoms with van der Waals surface area (Å²) in [7, 11) is 2.00. The molecule has 1 unspecified atom stereocenters. The van der Waals surface area contributed by atoms with Crippen LogP contribution in [0.1, 0.15) is 23.7 Å². The number of benzene rings is 2. The van der Waals surface area contributed by atoms with Gasteiger partial charge in [-0.1, -0.05) is 18.2 Å². The summed E-state index contributed by atoms with van der Waals surface area (Å²) in [5, 5.41) is 19.6. The highest BCUT2D eigenvalue weighted by Gasteiger charge is 2.15. The molecule has 0 saturated carbocycles. The number of aliphatic hydroxyl groups excluding tert-OH is 1. The number of halogens is 1. The van der Waals surface area contributed by atoms with Crippen molar-refractivity contribution in [3.63, 3.8) is 0 Å². The number of phenols is 1. The number of hydrogen-bond donors (Lipinski definition) is 2. The van der Waals surface area contributed by atoms with E-state index < -0.39 is 11.9 Å². The molecular formula is C20H24FNO3. The van der Waals surface area contributed by atoms with Crippen molar-refractivity contribution in [2.75, 3.05) is 26.7 Å². The van der Waals surface area contributed by atoms with Gasteiger partial charge in [0.25, 0.3) is 0 Å². The van der Waals surface area contributed by atoms with Crippen LogP contribution in [0.4, 0.5) is 4.39 Å². The van der Waals surface area contributed by atoms with Crippen molar-refractivity contribution in [2.24, 2.45) is 0 Å². The molecule has 0 aliphatic rings. The van der Waals surface area contributed by atoms with E-state index in [4.69, 9.17) is 4.74 Å². The topological polar surface area (TPSA) is 52.9 Å². The van der Waals surface area contributed by atoms with Crippen LogP contribution in [0.15, 0.2) is 55.1 Å². The van der Waals surface area contributed by atoms with Gasteiger partial charge in [-0.2, -0.15) is 0 Å². The highest BCUT2D eigenvalue weighted by molar-refractivity contribution is 5.37. The number of ether oxygens (including phenoxy) is 1. The summed E-state index contributed by atoms with van der Waals surface area (Å²) in [5.41, 5.74) is 0.680. The molecule has 0 amide bonds. The Morgan fingerprint density at radius 1 is 1.24 bits per heavy atom. The van der Waals surface area contributed by atoms with Gasteiger partial charge in [0.1, 0.15) is 23.4 Å². The number of nitrogens with zero attached hydrogens (tertiary/aromatic N) is 1. The van der Waals surface area contributed by atoms with E-state index in [9.17, 15) is 14.6 Å². The van der Waals surface area contributed by atoms with Crippen LogP contribution in [0.2, 0.25) is 0 Å². The molecule has 2 rings (SSSR count). The fourth-order valence-electron chi connectivity index (χ4n) is 2.49. The fourth-order valence-corrected chi connectivity index (χ4v) is 2.49. The lowest BCUT2D eigenvalue weighted by molar-refractivity contribution is 0.214. The van der Waals surface area contributed by atoms with Gasteiger partial charge >= 0.3 is 0 Å². The van der Waals surface area contributed by atoms with E-state index in [1.165, 1.54) is 24.3 Å². The summed E-state index contributed by atoms with van der Waals surface area (Å²) in [6.07, 6.45) is 1.57. The first kappa shape index (κ1) is 19.0. The first-order chi connectivity index (χ1) is 12.0. The predicted octanol–water partition coefficient (Wildman–Crippen LogP) is 3.50. The zero-order chi connectivity index (χ0) is 18.2. The van der Waals surface area contributed by atoms with E-state index in [1.807, 2.05) is 13.1 Å². The summed E-state index contributed by atoms with van der Waals surface area (Å²) in [6.45, 7) is 5.86. The van der Waals surface area contributed by atoms with Crippen molar-refractivity contribution in [3.05, 3.63) is 72.1 Å². The standard InChI is InChI=1S/C20H24FNO3/c1-3-11-22(2)12-4-13-25-17-9-10-18(19(21)14-17)20(24)15-5-7-16(23)8-6-15/h3,5-10,14,20,23-24H,1,4,11-13H2,2H3. The van der Waals surface area contributed by atoms with Gasteiger partial charge in [0.2, 0.25) is 0 Å². The zero-order valence-electron chi connectivity index (χ0n) is 14.4. The van der Waals surface area contributed by atoms with Gasteiger partial charge in [-0.25, -0.2) is 4.39 Å². The Morgan fingerprint density at radius 2 is 1.96 bits per heavy atom. The largest absolute Gasteiger partial charge is 0.508 e. The minimum absolute atomic E-state index is 0.0962. The minimum atomic E-state index is -1.10. The third-order valence-corrected chi connectivity index (χ3v) is 3.87. The molecule has 2 aromatic carbocycles. The number of likely N-dealkylation sites (N-methyl/N-ethyl adjacent to an activating group) is 1. The van der Waals surface area contributed by atoms with E-state index >= 15 is 0 Å². The fraction of sp³-hybridized carbons (Fsp3) is 0.300. The van der Waals surface area contributed by atoms with Crippen molar-refractivity contribution in [1.29, 1.82) is 0 Å². The molecule has 0 spiro atoms. The average molecular weight is 345 g/mol. The van der Waals surface area contributed by atoms with Gasteiger partial charge in [0.05, 0.1) is 6.61 Å². The molecule has 1 atom stereocenters. The predicted molar refractivity (Wildman–Crippen MR) is 96.4 cm³/mol. The number of aromatic hydroxyl groups is 1. The number of rotatable bonds is 9. The van der Waals surface area contributed by atoms with Crippen LogP contribution in [0.3, 0.4) is 0 Å². The molecule has 2 N–H and O–H groups in total. The Morgan fingerprint density at radius 3 is 2.60 bits per heavy atom. The summed E-state index contributed by atoms with van der Waals surface area (Å²) < 4.78 is 19.9. The molecule has 2 aromatic rings. The lowest BCUT2D eigenvalue weighted by Gasteiger charge is -2.15. The monoisotopic (exact) mass is 345 g/mol. The average Bonchev–Trinajstić information content (AvgIpc) is 2.59. The van der Waals surface area contributed by atoms with Gasteiger partial charge in [-0.05, 0) is 43.3 Å². The maximum atomic E-state index is 14.3. The van der Waals surface area contributed by atoms with Crippen molar-refractivity contribution < 1.29 is 19.3 Å². The lowest BCUT2D eigenvalue weighted by Crippen LogP contribution is -2.21. The van der Waals surface area contributed by atoms with Crippen LogP contribution < -0.4 is 4.74 Å². The van der Waals surface area contributed by atoms with Crippen molar-refractivity contribution >= 4 is 0 Å². The van der Waals surface area contributed by atoms with Crippen LogP contribution in [0.25, 0.3) is 0 Å². The third-order valence-electron chi connectivity index (χ3n) is 3.87. The Balaban J connectivity index is 1.93. The molecule has 0 aromatic heterocycles. The molecule has 0 heterocycles. The molecule has 134 valence electrons. The highest BCUT2D eigenvalue weighted by Crippen LogP contribution is 2.28. The van der Waals surface area contributed by atoms with Crippen LogP contribution in [-0.4, -0.2) is 41.9 Å². The molecule has 25 heavy (non-hydrogen) atoms. The molecule has 0 saturated heterocycles. The first-order valence-corrected chi connectivity index (χ1v) is 8.20. The number of hydrogen-bond acceptors (Lipinski definition) is 4. The molecule has 0 radical (unpaired) electrons. The van der Waals surface area contributed by atoms with E-state index in [2.05, 4.69) is 11.5 Å². The Bertz CT molecular complexity index is 688. The molecule has 0 fully saturated rings. The van der Waals surface area contributed by atoms with Gasteiger partial charge < -0.3 is 19.8 Å². The van der Waals surface area contributed by atoms with Crippen molar-refractivity contribution in [1.82, 2.24) is 4.90 Å². The first-order valence-electron chi connectivity index (χ1n) is 8.20. The quantitative estimate of drug-likeness (QED) is 0.539. The summed E-state index contributed by atoms with van der Waals surface area (Å²) >= 11 is 0. The van der Waals surface area contributed by atoms with Crippen LogP contribution in [0, 0.1) is 5.82 Å². The molecule has 5 heteroatoms. The van der Waals surface area contributed by atoms with E-state index in [-0.39, 0.29) is 11.3 Å². The van der Waals surface area contributed by atoms with E-state index in [1.54, 1.807) is 18.2 Å². The SMILES string of the molecule is C=CCN(C)CCCOc1ccc(C(O)c2ccc(O)cc2)c(F)c1. The second-order valence-electron chi connectivity index (χ2n) is 5.93. The zero-order valence-corrected chi connectivity index (χ0v) is 14.4. The second-order valence-corrected chi connectivity index (χ2v) is 5.93. The summed E-state index contributed by atoms with van der Waals surface area (Å²) in [4.78, 5) is 2.12. The normalized spacial score (nSPS) is 12.2. The molecule has 0 aliphatic carbocycles. The molecule has 0 bridgehead atoms. The Labute approximate surface area is 147 Å². The van der Waals surface area contributed by atoms with Crippen molar-refractivity contribution in [2.45, 2.75) is 12.5 Å². The summed E-state index contributed by atoms with van der Waals surface area (Å²) in [5.74, 6) is 0.00582. The highest BCUT2D eigenvalue weighted by atomic mass is 19.1. The minimum Gasteiger partial charge on any atom is -0.508 e. The van der Waals surface area contributed by atoms with Crippen LogP contribution >= 0.6 is 0 Å². The van der Waals surface area contributed by atoms with Crippen LogP contribution in [0.5, 0.6) is 11.5 Å². The van der Waals surface area contributed by atoms with E-state index in [0.29, 0.717) is 17.9 Å². The Hall–Kier alpha value is -2.37. The summed E-state index contributed by atoms with van der Waals surface area (Å²) in [6, 6.07) is 10.5. The van der Waals surface area contributed by atoms with Crippen LogP contribution in [-0.2, 0) is 0 Å². The number of aliphatic hydroxyl groups is 1. The maximum absolute atomic E-state index is 14.3. The van der Waals surface area contributed by atoms with Gasteiger partial charge in [-0.15, -0.1) is 6.58 Å². The maximum Gasteiger partial charge on any atom is 0.133 e. The molecular weight excluding hydrogens is 321 g/mol. The van der Waals surface area contributed by atoms with Gasteiger partial charge in [0.15, 0.2) is 0 Å². The second kappa shape index (κ2) is 9.20. The van der Waals surface area contributed by atoms with Crippen molar-refractivity contribution in [3.8, 4) is 11.5 Å².